The molecule has 2 atom stereocenters. The van der Waals surface area contributed by atoms with Crippen LogP contribution in [-0.2, 0) is 9.63 Å². The molecular formula is C9H18N2O2. The minimum absolute atomic E-state index is 0.0406. The van der Waals surface area contributed by atoms with Crippen LogP contribution in [0, 0.1) is 5.92 Å². The molecule has 1 aliphatic rings. The van der Waals surface area contributed by atoms with E-state index in [0.717, 1.165) is 19.3 Å². The lowest BCUT2D eigenvalue weighted by Gasteiger charge is -2.19. The van der Waals surface area contributed by atoms with Crippen LogP contribution in [-0.4, -0.2) is 18.6 Å². The summed E-state index contributed by atoms with van der Waals surface area (Å²) in [6.45, 7) is 2.84. The van der Waals surface area contributed by atoms with E-state index >= 15 is 0 Å². The molecule has 2 unspecified atom stereocenters. The maximum Gasteiger partial charge on any atom is 0.220 e. The van der Waals surface area contributed by atoms with E-state index in [1.807, 2.05) is 0 Å². The zero-order valence-corrected chi connectivity index (χ0v) is 8.08. The second-order valence-electron chi connectivity index (χ2n) is 3.59. The minimum atomic E-state index is 0.0406. The van der Waals surface area contributed by atoms with Gasteiger partial charge in [0.15, 0.2) is 0 Å². The Morgan fingerprint density at radius 3 is 3.00 bits per heavy atom. The van der Waals surface area contributed by atoms with Crippen molar-refractivity contribution in [2.45, 2.75) is 38.7 Å². The molecule has 0 radical (unpaired) electrons. The highest BCUT2D eigenvalue weighted by Gasteiger charge is 2.29. The van der Waals surface area contributed by atoms with Crippen LogP contribution in [0.25, 0.3) is 0 Å². The summed E-state index contributed by atoms with van der Waals surface area (Å²) in [6.07, 6.45) is 3.79. The molecule has 13 heavy (non-hydrogen) atoms. The first-order valence-corrected chi connectivity index (χ1v) is 4.90. The van der Waals surface area contributed by atoms with Crippen LogP contribution in [0.15, 0.2) is 0 Å². The highest BCUT2D eigenvalue weighted by atomic mass is 16.6. The number of carbonyl (C=O) groups is 1. The second kappa shape index (κ2) is 5.19. The highest BCUT2D eigenvalue weighted by Crippen LogP contribution is 2.19. The Morgan fingerprint density at radius 2 is 2.54 bits per heavy atom. The van der Waals surface area contributed by atoms with Crippen molar-refractivity contribution in [1.29, 1.82) is 0 Å². The van der Waals surface area contributed by atoms with E-state index in [2.05, 4.69) is 12.2 Å². The van der Waals surface area contributed by atoms with E-state index in [9.17, 15) is 4.79 Å². The van der Waals surface area contributed by atoms with Gasteiger partial charge >= 0.3 is 0 Å². The Kier molecular flexibility index (Phi) is 4.18. The minimum Gasteiger partial charge on any atom is -0.356 e. The predicted octanol–water partition coefficient (Wildman–Crippen LogP) is 0.572. The molecule has 0 aromatic heterocycles. The lowest BCUT2D eigenvalue weighted by molar-refractivity contribution is -0.119. The maximum atomic E-state index is 10.9. The van der Waals surface area contributed by atoms with Gasteiger partial charge in [-0.3, -0.25) is 4.79 Å². The molecule has 0 bridgehead atoms. The number of carbonyl (C=O) groups excluding carboxylic acids is 1. The van der Waals surface area contributed by atoms with Gasteiger partial charge in [0, 0.05) is 18.9 Å². The molecule has 4 heteroatoms. The number of rotatable bonds is 5. The van der Waals surface area contributed by atoms with Gasteiger partial charge in [-0.15, -0.1) is 0 Å². The lowest BCUT2D eigenvalue weighted by atomic mass is 9.97. The molecule has 0 saturated carbocycles. The third-order valence-electron chi connectivity index (χ3n) is 2.55. The summed E-state index contributed by atoms with van der Waals surface area (Å²) < 4.78 is 0. The van der Waals surface area contributed by atoms with Crippen molar-refractivity contribution in [3.05, 3.63) is 0 Å². The largest absolute Gasteiger partial charge is 0.356 e. The van der Waals surface area contributed by atoms with Crippen LogP contribution in [0.3, 0.4) is 0 Å². The molecule has 1 heterocycles. The van der Waals surface area contributed by atoms with Crippen molar-refractivity contribution >= 4 is 5.91 Å². The van der Waals surface area contributed by atoms with Gasteiger partial charge in [0.1, 0.15) is 0 Å². The van der Waals surface area contributed by atoms with Gasteiger partial charge in [-0.05, 0) is 6.42 Å². The smallest absolute Gasteiger partial charge is 0.220 e. The molecule has 1 saturated heterocycles. The fraction of sp³-hybridized carbons (Fsp3) is 0.889. The summed E-state index contributed by atoms with van der Waals surface area (Å²) in [7, 11) is 0. The first-order chi connectivity index (χ1) is 6.27. The summed E-state index contributed by atoms with van der Waals surface area (Å²) in [5.74, 6) is 5.58. The molecule has 0 aromatic rings. The van der Waals surface area contributed by atoms with Gasteiger partial charge in [0.05, 0.1) is 6.10 Å². The fourth-order valence-corrected chi connectivity index (χ4v) is 1.71. The van der Waals surface area contributed by atoms with Crippen LogP contribution in [0.2, 0.25) is 0 Å². The van der Waals surface area contributed by atoms with E-state index in [1.54, 1.807) is 0 Å². The standard InChI is InChI=1S/C9H18N2O2/c1-2-3-4-8(13-10)7-5-9(12)11-6-7/h7-8H,2-6,10H2,1H3,(H,11,12). The molecule has 1 amide bonds. The van der Waals surface area contributed by atoms with E-state index in [0.29, 0.717) is 13.0 Å². The van der Waals surface area contributed by atoms with Crippen LogP contribution in [0.1, 0.15) is 32.6 Å². The number of hydrogen-bond donors (Lipinski definition) is 2. The predicted molar refractivity (Wildman–Crippen MR) is 49.7 cm³/mol. The number of nitrogens with one attached hydrogen (secondary N) is 1. The van der Waals surface area contributed by atoms with Crippen LogP contribution in [0.5, 0.6) is 0 Å². The molecule has 3 N–H and O–H groups in total. The van der Waals surface area contributed by atoms with E-state index in [4.69, 9.17) is 10.7 Å². The average Bonchev–Trinajstić information content (AvgIpc) is 2.54. The molecular weight excluding hydrogens is 168 g/mol. The third-order valence-corrected chi connectivity index (χ3v) is 2.55. The van der Waals surface area contributed by atoms with Gasteiger partial charge < -0.3 is 10.2 Å². The molecule has 76 valence electrons. The summed E-state index contributed by atoms with van der Waals surface area (Å²) >= 11 is 0. The van der Waals surface area contributed by atoms with Crippen molar-refractivity contribution in [3.63, 3.8) is 0 Å². The van der Waals surface area contributed by atoms with Crippen molar-refractivity contribution in [1.82, 2.24) is 5.32 Å². The molecule has 0 aromatic carbocycles. The summed E-state index contributed by atoms with van der Waals surface area (Å²) in [5.41, 5.74) is 0. The highest BCUT2D eigenvalue weighted by molar-refractivity contribution is 5.78. The SMILES string of the molecule is CCCCC(ON)C1CNC(=O)C1. The average molecular weight is 186 g/mol. The Hall–Kier alpha value is -0.610. The zero-order chi connectivity index (χ0) is 9.68. The normalized spacial score (nSPS) is 24.5. The van der Waals surface area contributed by atoms with Crippen LogP contribution >= 0.6 is 0 Å². The van der Waals surface area contributed by atoms with Crippen molar-refractivity contribution in [3.8, 4) is 0 Å². The Morgan fingerprint density at radius 1 is 1.77 bits per heavy atom. The molecule has 0 spiro atoms. The number of hydrogen-bond acceptors (Lipinski definition) is 3. The van der Waals surface area contributed by atoms with Gasteiger partial charge in [0.25, 0.3) is 0 Å². The third kappa shape index (κ3) is 2.97. The summed E-state index contributed by atoms with van der Waals surface area (Å²) in [6, 6.07) is 0. The topological polar surface area (TPSA) is 64.3 Å². The molecule has 1 rings (SSSR count). The monoisotopic (exact) mass is 186 g/mol. The molecule has 0 aliphatic carbocycles. The quantitative estimate of drug-likeness (QED) is 0.617. The molecule has 1 aliphatic heterocycles. The zero-order valence-electron chi connectivity index (χ0n) is 8.08. The van der Waals surface area contributed by atoms with Crippen molar-refractivity contribution in [2.24, 2.45) is 11.8 Å². The van der Waals surface area contributed by atoms with Gasteiger partial charge in [-0.25, -0.2) is 5.90 Å². The number of amides is 1. The first-order valence-electron chi connectivity index (χ1n) is 4.90. The van der Waals surface area contributed by atoms with Crippen LogP contribution < -0.4 is 11.2 Å². The molecule has 1 fully saturated rings. The van der Waals surface area contributed by atoms with E-state index in [-0.39, 0.29) is 17.9 Å². The lowest BCUT2D eigenvalue weighted by Crippen LogP contribution is -2.28. The van der Waals surface area contributed by atoms with Crippen molar-refractivity contribution < 1.29 is 9.63 Å². The number of nitrogens with two attached hydrogens (primary N) is 1. The van der Waals surface area contributed by atoms with Gasteiger partial charge in [0.2, 0.25) is 5.91 Å². The Balaban J connectivity index is 2.33. The van der Waals surface area contributed by atoms with Crippen molar-refractivity contribution in [2.75, 3.05) is 6.54 Å². The van der Waals surface area contributed by atoms with Crippen LogP contribution in [0.4, 0.5) is 0 Å². The van der Waals surface area contributed by atoms with E-state index < -0.39 is 0 Å². The summed E-state index contributed by atoms with van der Waals surface area (Å²) in [5, 5.41) is 2.79. The maximum absolute atomic E-state index is 10.9. The molecule has 4 nitrogen and oxygen atoms in total. The Labute approximate surface area is 78.8 Å². The van der Waals surface area contributed by atoms with Gasteiger partial charge in [-0.1, -0.05) is 19.8 Å². The number of unbranched alkanes of at least 4 members (excludes halogenated alkanes) is 1. The Bertz CT molecular complexity index is 173. The first kappa shape index (κ1) is 10.5. The fourth-order valence-electron chi connectivity index (χ4n) is 1.71. The van der Waals surface area contributed by atoms with E-state index in [1.165, 1.54) is 0 Å². The summed E-state index contributed by atoms with van der Waals surface area (Å²) in [4.78, 5) is 15.8. The van der Waals surface area contributed by atoms with Gasteiger partial charge in [-0.2, -0.15) is 0 Å². The second-order valence-corrected chi connectivity index (χ2v) is 3.59.